The number of carbonyl (C=O) groups excluding carboxylic acids is 2. The molecule has 1 N–H and O–H groups in total. The minimum Gasteiger partial charge on any atom is -0.497 e. The van der Waals surface area contributed by atoms with Crippen LogP contribution in [-0.2, 0) is 29.0 Å². The van der Waals surface area contributed by atoms with Gasteiger partial charge in [-0.1, -0.05) is 91.1 Å². The minimum atomic E-state index is -0.621. The molecule has 1 saturated carbocycles. The van der Waals surface area contributed by atoms with Gasteiger partial charge in [-0.05, 0) is 55.5 Å². The van der Waals surface area contributed by atoms with Gasteiger partial charge in [-0.2, -0.15) is 0 Å². The van der Waals surface area contributed by atoms with Crippen LogP contribution in [0.5, 0.6) is 5.75 Å². The fourth-order valence-electron chi connectivity index (χ4n) is 5.51. The van der Waals surface area contributed by atoms with Crippen molar-refractivity contribution in [3.05, 3.63) is 101 Å². The van der Waals surface area contributed by atoms with E-state index in [9.17, 15) is 9.59 Å². The van der Waals surface area contributed by atoms with Crippen LogP contribution in [0.4, 0.5) is 0 Å². The van der Waals surface area contributed by atoms with E-state index in [2.05, 4.69) is 23.5 Å². The number of nitrogens with zero attached hydrogens (tertiary/aromatic N) is 1. The fourth-order valence-corrected chi connectivity index (χ4v) is 5.51. The Morgan fingerprint density at radius 2 is 1.55 bits per heavy atom. The summed E-state index contributed by atoms with van der Waals surface area (Å²) < 4.78 is 5.44. The van der Waals surface area contributed by atoms with E-state index < -0.39 is 6.04 Å². The number of aryl methyl sites for hydroxylation is 2. The summed E-state index contributed by atoms with van der Waals surface area (Å²) in [5, 5.41) is 3.31. The van der Waals surface area contributed by atoms with Crippen LogP contribution in [0.3, 0.4) is 0 Å². The van der Waals surface area contributed by atoms with Gasteiger partial charge < -0.3 is 15.0 Å². The highest BCUT2D eigenvalue weighted by Crippen LogP contribution is 2.22. The van der Waals surface area contributed by atoms with E-state index >= 15 is 0 Å². The molecular weight excluding hydrogens is 472 g/mol. The Kier molecular flexibility index (Phi) is 9.58. The van der Waals surface area contributed by atoms with Gasteiger partial charge in [0.05, 0.1) is 13.5 Å². The van der Waals surface area contributed by atoms with Gasteiger partial charge in [-0.25, -0.2) is 0 Å². The maximum atomic E-state index is 14.0. The summed E-state index contributed by atoms with van der Waals surface area (Å²) in [6.07, 6.45) is 6.18. The van der Waals surface area contributed by atoms with Crippen molar-refractivity contribution in [3.63, 3.8) is 0 Å². The van der Waals surface area contributed by atoms with Gasteiger partial charge >= 0.3 is 0 Å². The first-order valence-electron chi connectivity index (χ1n) is 13.7. The fraction of sp³-hybridized carbons (Fsp3) is 0.394. The van der Waals surface area contributed by atoms with Crippen molar-refractivity contribution in [1.29, 1.82) is 0 Å². The summed E-state index contributed by atoms with van der Waals surface area (Å²) in [6.45, 7) is 4.42. The van der Waals surface area contributed by atoms with Gasteiger partial charge in [0.1, 0.15) is 11.8 Å². The number of hydrogen-bond acceptors (Lipinski definition) is 3. The molecule has 0 saturated heterocycles. The van der Waals surface area contributed by atoms with Crippen molar-refractivity contribution in [2.75, 3.05) is 7.11 Å². The second kappa shape index (κ2) is 13.3. The normalized spacial score (nSPS) is 14.5. The molecule has 1 atom stereocenters. The molecule has 5 nitrogen and oxygen atoms in total. The van der Waals surface area contributed by atoms with Crippen LogP contribution in [0.2, 0.25) is 0 Å². The Balaban J connectivity index is 1.68. The van der Waals surface area contributed by atoms with Crippen molar-refractivity contribution in [2.45, 2.75) is 77.4 Å². The lowest BCUT2D eigenvalue weighted by Crippen LogP contribution is -2.53. The zero-order chi connectivity index (χ0) is 26.9. The van der Waals surface area contributed by atoms with Crippen LogP contribution in [0.25, 0.3) is 0 Å². The molecule has 1 aliphatic carbocycles. The minimum absolute atomic E-state index is 0.0578. The van der Waals surface area contributed by atoms with E-state index in [1.54, 1.807) is 12.0 Å². The predicted octanol–water partition coefficient (Wildman–Crippen LogP) is 5.94. The quantitative estimate of drug-likeness (QED) is 0.366. The summed E-state index contributed by atoms with van der Waals surface area (Å²) in [4.78, 5) is 29.7. The lowest BCUT2D eigenvalue weighted by Gasteiger charge is -2.33. The van der Waals surface area contributed by atoms with Crippen molar-refractivity contribution >= 4 is 11.8 Å². The molecule has 3 aromatic carbocycles. The summed E-state index contributed by atoms with van der Waals surface area (Å²) in [5.74, 6) is 0.602. The van der Waals surface area contributed by atoms with Crippen molar-refractivity contribution < 1.29 is 14.3 Å². The van der Waals surface area contributed by atoms with Crippen LogP contribution in [0.1, 0.15) is 59.9 Å². The predicted molar refractivity (Wildman–Crippen MR) is 152 cm³/mol. The number of benzene rings is 3. The van der Waals surface area contributed by atoms with Crippen molar-refractivity contribution in [1.82, 2.24) is 10.2 Å². The third-order valence-electron chi connectivity index (χ3n) is 7.35. The Morgan fingerprint density at radius 1 is 0.868 bits per heavy atom. The van der Waals surface area contributed by atoms with Gasteiger partial charge in [0, 0.05) is 19.0 Å². The maximum absolute atomic E-state index is 14.0. The molecule has 0 radical (unpaired) electrons. The zero-order valence-electron chi connectivity index (χ0n) is 22.9. The average Bonchev–Trinajstić information content (AvgIpc) is 2.91. The number of rotatable bonds is 10. The Labute approximate surface area is 227 Å². The lowest BCUT2D eigenvalue weighted by atomic mass is 9.94. The first-order chi connectivity index (χ1) is 18.4. The van der Waals surface area contributed by atoms with Crippen molar-refractivity contribution in [2.24, 2.45) is 0 Å². The van der Waals surface area contributed by atoms with Gasteiger partial charge in [0.15, 0.2) is 0 Å². The Bertz CT molecular complexity index is 1200. The van der Waals surface area contributed by atoms with Gasteiger partial charge in [0.2, 0.25) is 11.8 Å². The highest BCUT2D eigenvalue weighted by molar-refractivity contribution is 5.89. The van der Waals surface area contributed by atoms with Crippen LogP contribution in [-0.4, -0.2) is 35.9 Å². The Hall–Kier alpha value is -3.60. The standard InChI is InChI=1S/C33H40N2O3/c1-24-17-25(2)19-28(18-24)22-32(36)35(23-27-13-10-16-30(20-27)38-3)31(21-26-11-6-4-7-12-26)33(37)34-29-14-8-5-9-15-29/h4,6-7,10-13,16-20,29,31H,5,8-9,14-15,21-23H2,1-3H3,(H,34,37)/t31-/m1/s1. The third kappa shape index (κ3) is 7.70. The van der Waals surface area contributed by atoms with E-state index in [0.717, 1.165) is 59.3 Å². The molecule has 200 valence electrons. The molecule has 3 aromatic rings. The van der Waals surface area contributed by atoms with Crippen LogP contribution in [0.15, 0.2) is 72.8 Å². The van der Waals surface area contributed by atoms with E-state index in [4.69, 9.17) is 4.74 Å². The number of ether oxygens (including phenoxy) is 1. The van der Waals surface area contributed by atoms with Gasteiger partial charge in [-0.15, -0.1) is 0 Å². The molecule has 38 heavy (non-hydrogen) atoms. The number of nitrogens with one attached hydrogen (secondary N) is 1. The molecule has 0 aliphatic heterocycles. The molecule has 0 unspecified atom stereocenters. The molecule has 1 aliphatic rings. The van der Waals surface area contributed by atoms with Crippen molar-refractivity contribution in [3.8, 4) is 5.75 Å². The molecule has 0 aromatic heterocycles. The SMILES string of the molecule is COc1cccc(CN(C(=O)Cc2cc(C)cc(C)c2)[C@H](Cc2ccccc2)C(=O)NC2CCCCC2)c1. The highest BCUT2D eigenvalue weighted by Gasteiger charge is 2.32. The largest absolute Gasteiger partial charge is 0.497 e. The van der Waals surface area contributed by atoms with Gasteiger partial charge in [0.25, 0.3) is 0 Å². The topological polar surface area (TPSA) is 58.6 Å². The highest BCUT2D eigenvalue weighted by atomic mass is 16.5. The summed E-state index contributed by atoms with van der Waals surface area (Å²) in [7, 11) is 1.64. The smallest absolute Gasteiger partial charge is 0.243 e. The first-order valence-corrected chi connectivity index (χ1v) is 13.7. The second-order valence-corrected chi connectivity index (χ2v) is 10.6. The molecule has 2 amide bonds. The molecule has 5 heteroatoms. The van der Waals surface area contributed by atoms with E-state index in [1.807, 2.05) is 68.4 Å². The number of methoxy groups -OCH3 is 1. The summed E-state index contributed by atoms with van der Waals surface area (Å²) >= 11 is 0. The number of amides is 2. The van der Waals surface area contributed by atoms with E-state index in [1.165, 1.54) is 6.42 Å². The summed E-state index contributed by atoms with van der Waals surface area (Å²) in [5.41, 5.74) is 5.19. The molecular formula is C33H40N2O3. The number of hydrogen-bond donors (Lipinski definition) is 1. The van der Waals surface area contributed by atoms with Gasteiger partial charge in [-0.3, -0.25) is 9.59 Å². The molecule has 4 rings (SSSR count). The molecule has 1 fully saturated rings. The van der Waals surface area contributed by atoms with Crippen LogP contribution < -0.4 is 10.1 Å². The Morgan fingerprint density at radius 3 is 2.24 bits per heavy atom. The zero-order valence-corrected chi connectivity index (χ0v) is 22.9. The van der Waals surface area contributed by atoms with E-state index in [0.29, 0.717) is 13.0 Å². The number of carbonyl (C=O) groups is 2. The monoisotopic (exact) mass is 512 g/mol. The van der Waals surface area contributed by atoms with Crippen LogP contribution in [0, 0.1) is 13.8 Å². The van der Waals surface area contributed by atoms with E-state index in [-0.39, 0.29) is 24.3 Å². The third-order valence-corrected chi connectivity index (χ3v) is 7.35. The first kappa shape index (κ1) is 27.4. The molecule has 0 bridgehead atoms. The average molecular weight is 513 g/mol. The van der Waals surface area contributed by atoms with Crippen LogP contribution >= 0.6 is 0 Å². The molecule has 0 spiro atoms. The second-order valence-electron chi connectivity index (χ2n) is 10.6. The summed E-state index contributed by atoms with van der Waals surface area (Å²) in [6, 6.07) is 23.5. The molecule has 0 heterocycles. The maximum Gasteiger partial charge on any atom is 0.243 e. The lowest BCUT2D eigenvalue weighted by molar-refractivity contribution is -0.141.